The first-order valence-electron chi connectivity index (χ1n) is 5.66. The molecule has 0 aliphatic carbocycles. The standard InChI is InChI=1S/C13H18N2O3/c1-4-6-15(8-9-18-3)13(17)11-5-7-14(2)12(16)10-11/h4-5,7,10H,1,6,8-9H2,2-3H3. The third kappa shape index (κ3) is 3.56. The first kappa shape index (κ1) is 14.2. The van der Waals surface area contributed by atoms with Crippen LogP contribution in [0.1, 0.15) is 10.4 Å². The Morgan fingerprint density at radius 3 is 2.89 bits per heavy atom. The van der Waals surface area contributed by atoms with Gasteiger partial charge in [-0.15, -0.1) is 6.58 Å². The summed E-state index contributed by atoms with van der Waals surface area (Å²) in [4.78, 5) is 25.3. The largest absolute Gasteiger partial charge is 0.383 e. The van der Waals surface area contributed by atoms with Gasteiger partial charge in [-0.2, -0.15) is 0 Å². The minimum absolute atomic E-state index is 0.190. The lowest BCUT2D eigenvalue weighted by molar-refractivity contribution is 0.0718. The smallest absolute Gasteiger partial charge is 0.254 e. The summed E-state index contributed by atoms with van der Waals surface area (Å²) in [5.41, 5.74) is 0.183. The number of methoxy groups -OCH3 is 1. The predicted molar refractivity (Wildman–Crippen MR) is 69.7 cm³/mol. The molecule has 0 spiro atoms. The van der Waals surface area contributed by atoms with Gasteiger partial charge >= 0.3 is 0 Å². The highest BCUT2D eigenvalue weighted by molar-refractivity contribution is 5.94. The fourth-order valence-electron chi connectivity index (χ4n) is 1.50. The summed E-state index contributed by atoms with van der Waals surface area (Å²) in [6.07, 6.45) is 3.23. The highest BCUT2D eigenvalue weighted by atomic mass is 16.5. The van der Waals surface area contributed by atoms with Gasteiger partial charge in [-0.05, 0) is 6.07 Å². The van der Waals surface area contributed by atoms with Crippen molar-refractivity contribution in [3.05, 3.63) is 46.9 Å². The molecule has 0 fully saturated rings. The second-order valence-electron chi connectivity index (χ2n) is 3.90. The Morgan fingerprint density at radius 1 is 1.61 bits per heavy atom. The van der Waals surface area contributed by atoms with Crippen LogP contribution in [-0.2, 0) is 11.8 Å². The van der Waals surface area contributed by atoms with Crippen LogP contribution in [0.2, 0.25) is 0 Å². The van der Waals surface area contributed by atoms with Crippen LogP contribution in [0.15, 0.2) is 35.8 Å². The van der Waals surface area contributed by atoms with Crippen LogP contribution >= 0.6 is 0 Å². The summed E-state index contributed by atoms with van der Waals surface area (Å²) in [6.45, 7) is 4.96. The minimum atomic E-state index is -0.203. The van der Waals surface area contributed by atoms with Crippen molar-refractivity contribution in [1.82, 2.24) is 9.47 Å². The Balaban J connectivity index is 2.90. The normalized spacial score (nSPS) is 10.1. The van der Waals surface area contributed by atoms with Crippen molar-refractivity contribution in [1.29, 1.82) is 0 Å². The molecule has 0 N–H and O–H groups in total. The predicted octanol–water partition coefficient (Wildman–Crippen LogP) is 0.660. The zero-order valence-electron chi connectivity index (χ0n) is 10.8. The van der Waals surface area contributed by atoms with Gasteiger partial charge in [0.25, 0.3) is 11.5 Å². The number of carbonyl (C=O) groups is 1. The van der Waals surface area contributed by atoms with Gasteiger partial charge in [0.2, 0.25) is 0 Å². The molecule has 0 aliphatic rings. The Bertz CT molecular complexity index is 479. The number of hydrogen-bond acceptors (Lipinski definition) is 3. The van der Waals surface area contributed by atoms with Crippen LogP contribution in [0.25, 0.3) is 0 Å². The third-order valence-electron chi connectivity index (χ3n) is 2.55. The van der Waals surface area contributed by atoms with E-state index in [0.29, 0.717) is 25.3 Å². The number of ether oxygens (including phenoxy) is 1. The Kier molecular flexibility index (Phi) is 5.32. The number of hydrogen-bond donors (Lipinski definition) is 0. The van der Waals surface area contributed by atoms with Gasteiger partial charge in [0, 0.05) is 45.1 Å². The third-order valence-corrected chi connectivity index (χ3v) is 2.55. The molecule has 0 bridgehead atoms. The van der Waals surface area contributed by atoms with E-state index in [1.807, 2.05) is 0 Å². The number of rotatable bonds is 6. The van der Waals surface area contributed by atoms with Crippen molar-refractivity contribution < 1.29 is 9.53 Å². The molecule has 0 aromatic carbocycles. The van der Waals surface area contributed by atoms with Crippen molar-refractivity contribution in [3.8, 4) is 0 Å². The molecule has 0 saturated carbocycles. The maximum atomic E-state index is 12.2. The van der Waals surface area contributed by atoms with Crippen LogP contribution in [0.5, 0.6) is 0 Å². The van der Waals surface area contributed by atoms with Crippen LogP contribution in [0, 0.1) is 0 Å². The van der Waals surface area contributed by atoms with Crippen LogP contribution in [0.3, 0.4) is 0 Å². The minimum Gasteiger partial charge on any atom is -0.383 e. The van der Waals surface area contributed by atoms with Crippen molar-refractivity contribution >= 4 is 5.91 Å². The summed E-state index contributed by atoms with van der Waals surface area (Å²) in [6, 6.07) is 2.97. The molecule has 5 heteroatoms. The van der Waals surface area contributed by atoms with Crippen molar-refractivity contribution in [3.63, 3.8) is 0 Å². The van der Waals surface area contributed by atoms with E-state index in [9.17, 15) is 9.59 Å². The summed E-state index contributed by atoms with van der Waals surface area (Å²) in [7, 11) is 3.22. The number of nitrogens with zero attached hydrogens (tertiary/aromatic N) is 2. The number of amides is 1. The fourth-order valence-corrected chi connectivity index (χ4v) is 1.50. The van der Waals surface area contributed by atoms with Gasteiger partial charge in [-0.1, -0.05) is 6.08 Å². The van der Waals surface area contributed by atoms with E-state index >= 15 is 0 Å². The molecule has 0 saturated heterocycles. The molecular weight excluding hydrogens is 232 g/mol. The molecule has 0 radical (unpaired) electrons. The molecule has 1 aromatic heterocycles. The van der Waals surface area contributed by atoms with E-state index in [-0.39, 0.29) is 11.5 Å². The topological polar surface area (TPSA) is 51.5 Å². The van der Waals surface area contributed by atoms with Gasteiger partial charge in [0.05, 0.1) is 6.61 Å². The second-order valence-corrected chi connectivity index (χ2v) is 3.90. The Labute approximate surface area is 106 Å². The van der Waals surface area contributed by atoms with Crippen LogP contribution in [0.4, 0.5) is 0 Å². The molecule has 0 unspecified atom stereocenters. The molecule has 0 aliphatic heterocycles. The molecule has 1 rings (SSSR count). The summed E-state index contributed by atoms with van der Waals surface area (Å²) in [5, 5.41) is 0. The maximum absolute atomic E-state index is 12.2. The zero-order chi connectivity index (χ0) is 13.5. The lowest BCUT2D eigenvalue weighted by Gasteiger charge is -2.20. The fraction of sp³-hybridized carbons (Fsp3) is 0.385. The molecule has 5 nitrogen and oxygen atoms in total. The van der Waals surface area contributed by atoms with Gasteiger partial charge < -0.3 is 14.2 Å². The van der Waals surface area contributed by atoms with E-state index in [4.69, 9.17) is 4.74 Å². The number of carbonyl (C=O) groups excluding carboxylic acids is 1. The SMILES string of the molecule is C=CCN(CCOC)C(=O)c1ccn(C)c(=O)c1. The molecular formula is C13H18N2O3. The quantitative estimate of drug-likeness (QED) is 0.697. The first-order valence-corrected chi connectivity index (χ1v) is 5.66. The summed E-state index contributed by atoms with van der Waals surface area (Å²) in [5.74, 6) is -0.190. The first-order chi connectivity index (χ1) is 8.60. The summed E-state index contributed by atoms with van der Waals surface area (Å²) < 4.78 is 6.37. The van der Waals surface area contributed by atoms with Gasteiger partial charge in [-0.3, -0.25) is 9.59 Å². The number of aromatic nitrogens is 1. The van der Waals surface area contributed by atoms with Crippen molar-refractivity contribution in [2.75, 3.05) is 26.8 Å². The van der Waals surface area contributed by atoms with Crippen molar-refractivity contribution in [2.24, 2.45) is 7.05 Å². The maximum Gasteiger partial charge on any atom is 0.254 e. The number of aryl methyl sites for hydroxylation is 1. The van der Waals surface area contributed by atoms with Crippen LogP contribution in [-0.4, -0.2) is 42.2 Å². The molecule has 0 atom stereocenters. The number of pyridine rings is 1. The van der Waals surface area contributed by atoms with Crippen molar-refractivity contribution in [2.45, 2.75) is 0 Å². The lowest BCUT2D eigenvalue weighted by atomic mass is 10.2. The second kappa shape index (κ2) is 6.76. The van der Waals surface area contributed by atoms with Gasteiger partial charge in [-0.25, -0.2) is 0 Å². The Hall–Kier alpha value is -1.88. The average Bonchev–Trinajstić information content (AvgIpc) is 2.37. The van der Waals surface area contributed by atoms with E-state index in [1.165, 1.54) is 10.6 Å². The van der Waals surface area contributed by atoms with Gasteiger partial charge in [0.15, 0.2) is 0 Å². The van der Waals surface area contributed by atoms with Crippen LogP contribution < -0.4 is 5.56 Å². The Morgan fingerprint density at radius 2 is 2.33 bits per heavy atom. The molecule has 18 heavy (non-hydrogen) atoms. The molecule has 1 aromatic rings. The van der Waals surface area contributed by atoms with E-state index in [1.54, 1.807) is 37.4 Å². The lowest BCUT2D eigenvalue weighted by Crippen LogP contribution is -2.34. The van der Waals surface area contributed by atoms with E-state index in [2.05, 4.69) is 6.58 Å². The molecule has 1 heterocycles. The monoisotopic (exact) mass is 250 g/mol. The zero-order valence-corrected chi connectivity index (χ0v) is 10.8. The molecule has 98 valence electrons. The average molecular weight is 250 g/mol. The molecule has 1 amide bonds. The highest BCUT2D eigenvalue weighted by Crippen LogP contribution is 2.02. The highest BCUT2D eigenvalue weighted by Gasteiger charge is 2.14. The van der Waals surface area contributed by atoms with E-state index in [0.717, 1.165) is 0 Å². The summed E-state index contributed by atoms with van der Waals surface area (Å²) >= 11 is 0. The van der Waals surface area contributed by atoms with E-state index < -0.39 is 0 Å². The van der Waals surface area contributed by atoms with Gasteiger partial charge in [0.1, 0.15) is 0 Å².